The highest BCUT2D eigenvalue weighted by Gasteiger charge is 2.33. The summed E-state index contributed by atoms with van der Waals surface area (Å²) in [4.78, 5) is 2.50. The van der Waals surface area contributed by atoms with Gasteiger partial charge < -0.3 is 4.90 Å². The van der Waals surface area contributed by atoms with Crippen molar-refractivity contribution in [3.05, 3.63) is 179 Å². The van der Waals surface area contributed by atoms with E-state index in [1.165, 1.54) is 65.0 Å². The summed E-state index contributed by atoms with van der Waals surface area (Å²) in [6.45, 7) is 9.24. The Balaban J connectivity index is 1.25. The van der Waals surface area contributed by atoms with Gasteiger partial charge in [-0.3, -0.25) is 0 Å². The summed E-state index contributed by atoms with van der Waals surface area (Å²) in [7, 11) is 0. The first-order valence-electron chi connectivity index (χ1n) is 16.4. The minimum atomic E-state index is -0.238. The third kappa shape index (κ3) is 5.42. The van der Waals surface area contributed by atoms with Crippen LogP contribution >= 0.6 is 11.3 Å². The molecule has 0 saturated carbocycles. The van der Waals surface area contributed by atoms with Crippen molar-refractivity contribution in [2.75, 3.05) is 4.90 Å². The molecule has 2 unspecified atom stereocenters. The van der Waals surface area contributed by atoms with Crippen LogP contribution in [-0.4, -0.2) is 6.04 Å². The number of benzene rings is 5. The molecule has 0 N–H and O–H groups in total. The van der Waals surface area contributed by atoms with Gasteiger partial charge in [0.05, 0.1) is 6.04 Å². The maximum absolute atomic E-state index is 2.50. The summed E-state index contributed by atoms with van der Waals surface area (Å²) < 4.78 is 2.67. The zero-order valence-corrected chi connectivity index (χ0v) is 28.0. The molecule has 1 heterocycles. The zero-order chi connectivity index (χ0) is 31.7. The van der Waals surface area contributed by atoms with Crippen LogP contribution in [0, 0.1) is 0 Å². The topological polar surface area (TPSA) is 3.24 Å². The molecule has 5 aromatic carbocycles. The number of thiophene rings is 1. The van der Waals surface area contributed by atoms with Gasteiger partial charge in [0.1, 0.15) is 0 Å². The first-order chi connectivity index (χ1) is 22.5. The van der Waals surface area contributed by atoms with Gasteiger partial charge in [0.2, 0.25) is 0 Å². The van der Waals surface area contributed by atoms with E-state index in [0.29, 0.717) is 0 Å². The van der Waals surface area contributed by atoms with Crippen molar-refractivity contribution in [1.82, 2.24) is 0 Å². The summed E-state index contributed by atoms with van der Waals surface area (Å²) >= 11 is 1.87. The van der Waals surface area contributed by atoms with Crippen LogP contribution in [0.25, 0.3) is 20.2 Å². The quantitative estimate of drug-likeness (QED) is 0.165. The van der Waals surface area contributed by atoms with Crippen LogP contribution in [0.4, 0.5) is 11.4 Å². The third-order valence-corrected chi connectivity index (χ3v) is 11.3. The Kier molecular flexibility index (Phi) is 8.23. The predicted octanol–water partition coefficient (Wildman–Crippen LogP) is 12.4. The van der Waals surface area contributed by atoms with Crippen molar-refractivity contribution in [3.63, 3.8) is 0 Å². The summed E-state index contributed by atoms with van der Waals surface area (Å²) in [6, 6.07) is 47.0. The number of para-hydroxylation sites is 1. The van der Waals surface area contributed by atoms with Crippen LogP contribution < -0.4 is 4.90 Å². The first-order valence-corrected chi connectivity index (χ1v) is 17.3. The Morgan fingerprint density at radius 3 is 2.07 bits per heavy atom. The van der Waals surface area contributed by atoms with E-state index in [-0.39, 0.29) is 11.5 Å². The molecule has 1 aliphatic carbocycles. The Labute approximate surface area is 277 Å². The number of rotatable bonds is 8. The van der Waals surface area contributed by atoms with Crippen LogP contribution in [0.5, 0.6) is 0 Å². The van der Waals surface area contributed by atoms with E-state index in [2.05, 4.69) is 178 Å². The van der Waals surface area contributed by atoms with Gasteiger partial charge in [-0.15, -0.1) is 11.3 Å². The van der Waals surface area contributed by atoms with Crippen LogP contribution in [-0.2, 0) is 11.8 Å². The molecule has 2 atom stereocenters. The predicted molar refractivity (Wildman–Crippen MR) is 201 cm³/mol. The molecule has 0 aliphatic heterocycles. The fourth-order valence-electron chi connectivity index (χ4n) is 7.10. The molecule has 1 aromatic heterocycles. The Bertz CT molecular complexity index is 2080. The normalized spacial score (nSPS) is 16.6. The first kappa shape index (κ1) is 30.0. The van der Waals surface area contributed by atoms with E-state index in [9.17, 15) is 0 Å². The molecular formula is C44H41NS. The van der Waals surface area contributed by atoms with Crippen molar-refractivity contribution in [3.8, 4) is 0 Å². The lowest BCUT2D eigenvalue weighted by Crippen LogP contribution is -2.30. The molecule has 0 amide bonds. The van der Waals surface area contributed by atoms with E-state index in [1.807, 2.05) is 11.3 Å². The lowest BCUT2D eigenvalue weighted by molar-refractivity contribution is 0.665. The molecule has 0 spiro atoms. The van der Waals surface area contributed by atoms with E-state index in [0.717, 1.165) is 12.8 Å². The highest BCUT2D eigenvalue weighted by molar-refractivity contribution is 7.25. The van der Waals surface area contributed by atoms with Gasteiger partial charge in [-0.2, -0.15) is 0 Å². The molecule has 46 heavy (non-hydrogen) atoms. The molecule has 7 rings (SSSR count). The third-order valence-electron chi connectivity index (χ3n) is 10.1. The molecule has 6 aromatic rings. The summed E-state index contributed by atoms with van der Waals surface area (Å²) in [6.07, 6.45) is 9.19. The number of aryl methyl sites for hydroxylation is 1. The average molecular weight is 616 g/mol. The molecule has 0 radical (unpaired) electrons. The molecule has 1 nitrogen and oxygen atoms in total. The fourth-order valence-corrected chi connectivity index (χ4v) is 8.19. The van der Waals surface area contributed by atoms with Crippen molar-refractivity contribution in [2.24, 2.45) is 0 Å². The number of nitrogens with zero attached hydrogens (tertiary/aromatic N) is 1. The number of hydrogen-bond donors (Lipinski definition) is 0. The molecule has 0 bridgehead atoms. The largest absolute Gasteiger partial charge is 0.334 e. The summed E-state index contributed by atoms with van der Waals surface area (Å²) in [5.74, 6) is 0. The minimum absolute atomic E-state index is 0.212. The van der Waals surface area contributed by atoms with Gasteiger partial charge in [-0.1, -0.05) is 122 Å². The highest BCUT2D eigenvalue weighted by Crippen LogP contribution is 2.43. The van der Waals surface area contributed by atoms with Gasteiger partial charge in [0, 0.05) is 37.0 Å². The van der Waals surface area contributed by atoms with Crippen LogP contribution in [0.15, 0.2) is 162 Å². The van der Waals surface area contributed by atoms with E-state index in [1.54, 1.807) is 0 Å². The number of allylic oxidation sites excluding steroid dienone is 4. The lowest BCUT2D eigenvalue weighted by atomic mass is 9.69. The maximum Gasteiger partial charge on any atom is 0.0560 e. The van der Waals surface area contributed by atoms with Crippen molar-refractivity contribution in [1.29, 1.82) is 0 Å². The number of fused-ring (bicyclic) bond motifs is 3. The average Bonchev–Trinajstić information content (AvgIpc) is 3.50. The Hall–Kier alpha value is -4.66. The SMILES string of the molecule is CCc1ccc(C(C)(/C(C)=C(/C)C2=CCC(N(c3ccccc3)c3ccc4sc5ccccc5c4c3)C=C2)c2ccccc2)cc1. The standard InChI is InChI=1S/C44H41NS/c1-5-33-20-24-36(25-21-33)44(4,35-14-8-6-9-15-35)32(3)31(2)34-22-26-38(27-23-34)45(37-16-10-7-11-17-37)39-28-29-43-41(30-39)40-18-12-13-19-42(40)46-43/h6-26,28-30,38H,5,27H2,1-4H3/b32-31-. The van der Waals surface area contributed by atoms with Gasteiger partial charge in [-0.25, -0.2) is 0 Å². The highest BCUT2D eigenvalue weighted by atomic mass is 32.1. The van der Waals surface area contributed by atoms with Gasteiger partial charge >= 0.3 is 0 Å². The van der Waals surface area contributed by atoms with Crippen molar-refractivity contribution in [2.45, 2.75) is 52.0 Å². The molecular weight excluding hydrogens is 575 g/mol. The maximum atomic E-state index is 2.50. The second-order valence-corrected chi connectivity index (χ2v) is 13.7. The second-order valence-electron chi connectivity index (χ2n) is 12.6. The van der Waals surface area contributed by atoms with Gasteiger partial charge in [-0.05, 0) is 97.8 Å². The summed E-state index contributed by atoms with van der Waals surface area (Å²) in [5, 5.41) is 2.66. The van der Waals surface area contributed by atoms with Crippen LogP contribution in [0.3, 0.4) is 0 Å². The smallest absolute Gasteiger partial charge is 0.0560 e. The Morgan fingerprint density at radius 2 is 1.37 bits per heavy atom. The second kappa shape index (κ2) is 12.6. The number of hydrogen-bond acceptors (Lipinski definition) is 2. The summed E-state index contributed by atoms with van der Waals surface area (Å²) in [5.41, 5.74) is 10.3. The molecule has 2 heteroatoms. The van der Waals surface area contributed by atoms with E-state index in [4.69, 9.17) is 0 Å². The lowest BCUT2D eigenvalue weighted by Gasteiger charge is -2.36. The monoisotopic (exact) mass is 615 g/mol. The van der Waals surface area contributed by atoms with E-state index < -0.39 is 0 Å². The van der Waals surface area contributed by atoms with Crippen LogP contribution in [0.2, 0.25) is 0 Å². The molecule has 228 valence electrons. The molecule has 0 fully saturated rings. The molecule has 1 aliphatic rings. The van der Waals surface area contributed by atoms with Gasteiger partial charge in [0.15, 0.2) is 0 Å². The van der Waals surface area contributed by atoms with E-state index >= 15 is 0 Å². The molecule has 0 saturated heterocycles. The Morgan fingerprint density at radius 1 is 0.717 bits per heavy atom. The fraction of sp³-hybridized carbons (Fsp3) is 0.182. The van der Waals surface area contributed by atoms with Crippen molar-refractivity contribution >= 4 is 42.9 Å². The minimum Gasteiger partial charge on any atom is -0.334 e. The van der Waals surface area contributed by atoms with Crippen molar-refractivity contribution < 1.29 is 0 Å². The number of anilines is 2. The zero-order valence-electron chi connectivity index (χ0n) is 27.2. The van der Waals surface area contributed by atoms with Crippen LogP contribution in [0.1, 0.15) is 50.8 Å². The van der Waals surface area contributed by atoms with Gasteiger partial charge in [0.25, 0.3) is 0 Å².